The van der Waals surface area contributed by atoms with Gasteiger partial charge in [0.1, 0.15) is 0 Å². The van der Waals surface area contributed by atoms with Crippen LogP contribution >= 0.6 is 0 Å². The number of anilines is 1. The van der Waals surface area contributed by atoms with Crippen LogP contribution in [-0.2, 0) is 0 Å². The van der Waals surface area contributed by atoms with Crippen molar-refractivity contribution in [2.75, 3.05) is 18.9 Å². The van der Waals surface area contributed by atoms with E-state index in [4.69, 9.17) is 0 Å². The lowest BCUT2D eigenvalue weighted by atomic mass is 10.3. The number of nitrogens with zero attached hydrogens (tertiary/aromatic N) is 2. The molecular weight excluding hydrogens is 174 g/mol. The van der Waals surface area contributed by atoms with Crippen LogP contribution in [0.25, 0.3) is 0 Å². The Hall–Kier alpha value is -1.25. The van der Waals surface area contributed by atoms with Crippen LogP contribution in [0.5, 0.6) is 0 Å². The minimum atomic E-state index is 0.468. The first kappa shape index (κ1) is 10.8. The van der Waals surface area contributed by atoms with E-state index < -0.39 is 0 Å². The van der Waals surface area contributed by atoms with Gasteiger partial charge in [0.15, 0.2) is 0 Å². The molecule has 0 spiro atoms. The topological polar surface area (TPSA) is 29.3 Å². The Bertz CT molecular complexity index is 310. The third kappa shape index (κ3) is 2.16. The van der Waals surface area contributed by atoms with E-state index in [0.717, 1.165) is 17.9 Å². The van der Waals surface area contributed by atoms with Crippen LogP contribution < -0.4 is 5.32 Å². The molecule has 0 unspecified atom stereocenters. The first-order chi connectivity index (χ1) is 6.70. The number of hydrogen-bond donors (Lipinski definition) is 1. The summed E-state index contributed by atoms with van der Waals surface area (Å²) >= 11 is 0. The van der Waals surface area contributed by atoms with Crippen molar-refractivity contribution in [2.45, 2.75) is 26.8 Å². The summed E-state index contributed by atoms with van der Waals surface area (Å²) in [5.41, 5.74) is 2.32. The zero-order chi connectivity index (χ0) is 10.6. The molecule has 1 heterocycles. The Morgan fingerprint density at radius 1 is 1.57 bits per heavy atom. The van der Waals surface area contributed by atoms with E-state index in [0.29, 0.717) is 6.04 Å². The first-order valence-corrected chi connectivity index (χ1v) is 5.07. The molecule has 1 aromatic rings. The molecule has 78 valence electrons. The van der Waals surface area contributed by atoms with Crippen molar-refractivity contribution >= 4 is 11.9 Å². The Morgan fingerprint density at radius 2 is 2.29 bits per heavy atom. The van der Waals surface area contributed by atoms with Crippen molar-refractivity contribution < 1.29 is 0 Å². The fraction of sp³-hybridized carbons (Fsp3) is 0.545. The van der Waals surface area contributed by atoms with Gasteiger partial charge in [0, 0.05) is 32.0 Å². The molecule has 1 aromatic heterocycles. The molecule has 1 rings (SSSR count). The second-order valence-electron chi connectivity index (χ2n) is 3.53. The SMILES string of the molecule is CCNc1ccn(C(C)C)c1C=NC. The lowest BCUT2D eigenvalue weighted by Crippen LogP contribution is -2.06. The minimum absolute atomic E-state index is 0.468. The van der Waals surface area contributed by atoms with Gasteiger partial charge >= 0.3 is 0 Å². The average molecular weight is 193 g/mol. The lowest BCUT2D eigenvalue weighted by Gasteiger charge is -2.11. The monoisotopic (exact) mass is 193 g/mol. The van der Waals surface area contributed by atoms with E-state index in [9.17, 15) is 0 Å². The summed E-state index contributed by atoms with van der Waals surface area (Å²) in [5.74, 6) is 0. The fourth-order valence-corrected chi connectivity index (χ4v) is 1.51. The molecule has 0 aliphatic rings. The zero-order valence-corrected chi connectivity index (χ0v) is 9.41. The summed E-state index contributed by atoms with van der Waals surface area (Å²) in [6.45, 7) is 7.37. The van der Waals surface area contributed by atoms with E-state index in [-0.39, 0.29) is 0 Å². The molecule has 0 atom stereocenters. The molecule has 0 bridgehead atoms. The molecule has 3 heteroatoms. The first-order valence-electron chi connectivity index (χ1n) is 5.07. The fourth-order valence-electron chi connectivity index (χ4n) is 1.51. The maximum atomic E-state index is 4.08. The lowest BCUT2D eigenvalue weighted by molar-refractivity contribution is 0.601. The summed E-state index contributed by atoms with van der Waals surface area (Å²) in [4.78, 5) is 4.08. The summed E-state index contributed by atoms with van der Waals surface area (Å²) < 4.78 is 2.21. The molecule has 0 saturated heterocycles. The maximum absolute atomic E-state index is 4.08. The Balaban J connectivity index is 3.06. The van der Waals surface area contributed by atoms with Crippen molar-refractivity contribution in [2.24, 2.45) is 4.99 Å². The Labute approximate surface area is 85.9 Å². The Kier molecular flexibility index (Phi) is 3.74. The minimum Gasteiger partial charge on any atom is -0.384 e. The predicted octanol–water partition coefficient (Wildman–Crippen LogP) is 2.55. The highest BCUT2D eigenvalue weighted by molar-refractivity contribution is 5.86. The molecule has 0 amide bonds. The van der Waals surface area contributed by atoms with Crippen LogP contribution in [0.1, 0.15) is 32.5 Å². The molecular formula is C11H19N3. The van der Waals surface area contributed by atoms with Gasteiger partial charge in [0.25, 0.3) is 0 Å². The average Bonchev–Trinajstić information content (AvgIpc) is 2.50. The molecule has 1 N–H and O–H groups in total. The largest absolute Gasteiger partial charge is 0.384 e. The van der Waals surface area contributed by atoms with Crippen LogP contribution in [0.3, 0.4) is 0 Å². The quantitative estimate of drug-likeness (QED) is 0.732. The summed E-state index contributed by atoms with van der Waals surface area (Å²) in [6.07, 6.45) is 4.00. The highest BCUT2D eigenvalue weighted by atomic mass is 15.0. The molecule has 14 heavy (non-hydrogen) atoms. The second-order valence-corrected chi connectivity index (χ2v) is 3.53. The van der Waals surface area contributed by atoms with Gasteiger partial charge in [-0.25, -0.2) is 0 Å². The third-order valence-corrected chi connectivity index (χ3v) is 2.13. The van der Waals surface area contributed by atoms with Gasteiger partial charge in [-0.3, -0.25) is 4.99 Å². The van der Waals surface area contributed by atoms with Gasteiger partial charge in [-0.1, -0.05) is 0 Å². The van der Waals surface area contributed by atoms with E-state index in [1.807, 2.05) is 6.21 Å². The highest BCUT2D eigenvalue weighted by Gasteiger charge is 2.07. The van der Waals surface area contributed by atoms with Crippen LogP contribution in [-0.4, -0.2) is 24.4 Å². The van der Waals surface area contributed by atoms with Crippen molar-refractivity contribution in [1.29, 1.82) is 0 Å². The number of hydrogen-bond acceptors (Lipinski definition) is 2. The number of rotatable bonds is 4. The van der Waals surface area contributed by atoms with Crippen LogP contribution in [0.15, 0.2) is 17.3 Å². The van der Waals surface area contributed by atoms with E-state index >= 15 is 0 Å². The molecule has 0 radical (unpaired) electrons. The van der Waals surface area contributed by atoms with Crippen molar-refractivity contribution in [3.8, 4) is 0 Å². The normalized spacial score (nSPS) is 11.5. The number of aromatic nitrogens is 1. The molecule has 0 fully saturated rings. The highest BCUT2D eigenvalue weighted by Crippen LogP contribution is 2.19. The zero-order valence-electron chi connectivity index (χ0n) is 9.41. The van der Waals surface area contributed by atoms with Gasteiger partial charge < -0.3 is 9.88 Å². The second kappa shape index (κ2) is 4.84. The molecule has 0 aromatic carbocycles. The Morgan fingerprint density at radius 3 is 2.79 bits per heavy atom. The molecule has 0 aliphatic carbocycles. The molecule has 0 aliphatic heterocycles. The van der Waals surface area contributed by atoms with Crippen LogP contribution in [0.4, 0.5) is 5.69 Å². The summed E-state index contributed by atoms with van der Waals surface area (Å²) in [7, 11) is 1.80. The van der Waals surface area contributed by atoms with Gasteiger partial charge in [-0.2, -0.15) is 0 Å². The standard InChI is InChI=1S/C11H19N3/c1-5-13-10-6-7-14(9(2)3)11(10)8-12-4/h6-9,13H,5H2,1-4H3. The summed E-state index contributed by atoms with van der Waals surface area (Å²) in [5, 5.41) is 3.32. The van der Waals surface area contributed by atoms with Gasteiger partial charge in [-0.05, 0) is 26.8 Å². The maximum Gasteiger partial charge on any atom is 0.0825 e. The van der Waals surface area contributed by atoms with Gasteiger partial charge in [-0.15, -0.1) is 0 Å². The van der Waals surface area contributed by atoms with Crippen LogP contribution in [0, 0.1) is 0 Å². The molecule has 3 nitrogen and oxygen atoms in total. The predicted molar refractivity (Wildman–Crippen MR) is 62.5 cm³/mol. The van der Waals surface area contributed by atoms with E-state index in [2.05, 4.69) is 47.9 Å². The smallest absolute Gasteiger partial charge is 0.0825 e. The van der Waals surface area contributed by atoms with E-state index in [1.165, 1.54) is 0 Å². The van der Waals surface area contributed by atoms with Gasteiger partial charge in [0.2, 0.25) is 0 Å². The van der Waals surface area contributed by atoms with Crippen molar-refractivity contribution in [3.63, 3.8) is 0 Å². The van der Waals surface area contributed by atoms with Crippen LogP contribution in [0.2, 0.25) is 0 Å². The van der Waals surface area contributed by atoms with Gasteiger partial charge in [0.05, 0.1) is 11.4 Å². The molecule has 0 saturated carbocycles. The number of aliphatic imine (C=N–C) groups is 1. The third-order valence-electron chi connectivity index (χ3n) is 2.13. The number of nitrogens with one attached hydrogen (secondary N) is 1. The summed E-state index contributed by atoms with van der Waals surface area (Å²) in [6, 6.07) is 2.57. The van der Waals surface area contributed by atoms with E-state index in [1.54, 1.807) is 7.05 Å². The van der Waals surface area contributed by atoms with Crippen molar-refractivity contribution in [1.82, 2.24) is 4.57 Å². The van der Waals surface area contributed by atoms with Crippen molar-refractivity contribution in [3.05, 3.63) is 18.0 Å².